The van der Waals surface area contributed by atoms with Crippen molar-refractivity contribution in [3.63, 3.8) is 0 Å². The van der Waals surface area contributed by atoms with Crippen LogP contribution in [0.2, 0.25) is 0 Å². The first kappa shape index (κ1) is 31.7. The average molecular weight is 639 g/mol. The van der Waals surface area contributed by atoms with Crippen molar-refractivity contribution < 1.29 is 27.9 Å². The highest BCUT2D eigenvalue weighted by molar-refractivity contribution is 6.05. The first-order chi connectivity index (χ1) is 22.3. The van der Waals surface area contributed by atoms with Crippen molar-refractivity contribution in [1.82, 2.24) is 15.4 Å². The molecule has 4 aliphatic heterocycles. The minimum absolute atomic E-state index is 0.0932. The number of amides is 1. The van der Waals surface area contributed by atoms with Crippen molar-refractivity contribution in [1.29, 1.82) is 5.41 Å². The first-order valence-electron chi connectivity index (χ1n) is 15.5. The summed E-state index contributed by atoms with van der Waals surface area (Å²) in [6, 6.07) is 7.35. The molecule has 4 heterocycles. The number of nitrogens with one attached hydrogen (secondary N) is 4. The summed E-state index contributed by atoms with van der Waals surface area (Å²) in [6.45, 7) is 7.32. The molecule has 6 rings (SSSR count). The summed E-state index contributed by atoms with van der Waals surface area (Å²) in [5, 5.41) is 16.0. The van der Waals surface area contributed by atoms with Crippen LogP contribution in [-0.4, -0.2) is 79.9 Å². The van der Waals surface area contributed by atoms with E-state index in [1.807, 2.05) is 6.07 Å². The Bertz CT molecular complexity index is 1490. The van der Waals surface area contributed by atoms with Crippen molar-refractivity contribution in [2.45, 2.75) is 49.9 Å². The maximum Gasteiger partial charge on any atom is 0.247 e. The van der Waals surface area contributed by atoms with Crippen LogP contribution in [0.5, 0.6) is 5.75 Å². The van der Waals surface area contributed by atoms with Gasteiger partial charge in [-0.1, -0.05) is 6.58 Å². The van der Waals surface area contributed by atoms with Gasteiger partial charge in [-0.25, -0.2) is 19.7 Å². The zero-order chi connectivity index (χ0) is 32.4. The number of benzene rings is 2. The van der Waals surface area contributed by atoms with Gasteiger partial charge in [-0.3, -0.25) is 19.9 Å². The minimum Gasteiger partial charge on any atom is -0.494 e. The second-order valence-corrected chi connectivity index (χ2v) is 11.9. The molecule has 4 aliphatic rings. The van der Waals surface area contributed by atoms with Crippen LogP contribution < -0.4 is 31.5 Å². The molecule has 4 fully saturated rings. The molecule has 2 bridgehead atoms. The molecule has 3 atom stereocenters. The zero-order valence-corrected chi connectivity index (χ0v) is 25.7. The number of amidine groups is 1. The number of nitrogens with zero attached hydrogens (tertiary/aromatic N) is 3. The van der Waals surface area contributed by atoms with Crippen LogP contribution in [-0.2, 0) is 14.4 Å². The number of carbonyl (C=O) groups excluding carboxylic acids is 1. The van der Waals surface area contributed by atoms with Gasteiger partial charge >= 0.3 is 0 Å². The number of anilines is 3. The molecule has 246 valence electrons. The molecule has 6 N–H and O–H groups in total. The van der Waals surface area contributed by atoms with E-state index in [2.05, 4.69) is 32.4 Å². The highest BCUT2D eigenvalue weighted by atomic mass is 19.1. The van der Waals surface area contributed by atoms with Crippen molar-refractivity contribution in [2.24, 2.45) is 5.84 Å². The predicted molar refractivity (Wildman–Crippen MR) is 170 cm³/mol. The Labute approximate surface area is 266 Å². The number of fused-ring (bicyclic) bond motifs is 2. The molecule has 46 heavy (non-hydrogen) atoms. The highest BCUT2D eigenvalue weighted by Gasteiger charge is 2.42. The highest BCUT2D eigenvalue weighted by Crippen LogP contribution is 2.40. The van der Waals surface area contributed by atoms with Gasteiger partial charge in [0, 0.05) is 56.3 Å². The van der Waals surface area contributed by atoms with Gasteiger partial charge in [-0.15, -0.1) is 0 Å². The summed E-state index contributed by atoms with van der Waals surface area (Å²) in [7, 11) is 1.54. The van der Waals surface area contributed by atoms with Crippen molar-refractivity contribution in [2.75, 3.05) is 55.5 Å². The number of ether oxygens (including phenoxy) is 2. The monoisotopic (exact) mass is 638 g/mol. The SMILES string of the molecule is C=CC(=O)Nc1cc(NC(=N)/C=C(\NN)N2OCC[C@@H]2c2cc(F)cc(F)c2)c(OC)cc1N1CCC(N2C[C@H]3C[C@@H]2CO3)CC1. The fourth-order valence-corrected chi connectivity index (χ4v) is 6.96. The molecule has 0 aliphatic carbocycles. The largest absolute Gasteiger partial charge is 0.494 e. The Morgan fingerprint density at radius 3 is 2.48 bits per heavy atom. The second kappa shape index (κ2) is 13.6. The number of piperidine rings is 1. The van der Waals surface area contributed by atoms with Crippen molar-refractivity contribution in [3.8, 4) is 5.75 Å². The molecule has 2 aromatic rings. The number of carbonyl (C=O) groups is 1. The van der Waals surface area contributed by atoms with Gasteiger partial charge in [0.15, 0.2) is 0 Å². The molecule has 0 radical (unpaired) electrons. The summed E-state index contributed by atoms with van der Waals surface area (Å²) in [6.07, 6.45) is 6.52. The van der Waals surface area contributed by atoms with E-state index in [0.717, 1.165) is 57.3 Å². The lowest BCUT2D eigenvalue weighted by Crippen LogP contribution is -2.49. The molecular weight excluding hydrogens is 598 g/mol. The van der Waals surface area contributed by atoms with Crippen LogP contribution in [0.1, 0.15) is 37.3 Å². The molecule has 0 spiro atoms. The molecule has 0 aromatic heterocycles. The van der Waals surface area contributed by atoms with Gasteiger partial charge in [0.05, 0.1) is 49.5 Å². The molecule has 14 heteroatoms. The van der Waals surface area contributed by atoms with Gasteiger partial charge in [0.2, 0.25) is 5.91 Å². The van der Waals surface area contributed by atoms with Gasteiger partial charge in [-0.05, 0) is 49.1 Å². The number of hydrogen-bond acceptors (Lipinski definition) is 10. The number of likely N-dealkylation sites (tertiary alicyclic amines) is 1. The fourth-order valence-electron chi connectivity index (χ4n) is 6.96. The van der Waals surface area contributed by atoms with Crippen LogP contribution >= 0.6 is 0 Å². The third-order valence-corrected chi connectivity index (χ3v) is 9.09. The number of hydroxylamine groups is 2. The van der Waals surface area contributed by atoms with Gasteiger partial charge in [0.1, 0.15) is 29.0 Å². The third-order valence-electron chi connectivity index (χ3n) is 9.09. The van der Waals surface area contributed by atoms with Gasteiger partial charge < -0.3 is 30.4 Å². The Kier molecular flexibility index (Phi) is 9.40. The quantitative estimate of drug-likeness (QED) is 0.0862. The molecule has 1 amide bonds. The van der Waals surface area contributed by atoms with Crippen LogP contribution in [0.4, 0.5) is 25.8 Å². The van der Waals surface area contributed by atoms with E-state index in [-0.39, 0.29) is 24.2 Å². The van der Waals surface area contributed by atoms with E-state index >= 15 is 0 Å². The lowest BCUT2D eigenvalue weighted by Gasteiger charge is -2.41. The molecular formula is C32H40F2N8O4. The van der Waals surface area contributed by atoms with Crippen molar-refractivity contribution >= 4 is 28.8 Å². The number of nitrogens with two attached hydrogens (primary N) is 1. The van der Waals surface area contributed by atoms with E-state index in [0.29, 0.717) is 47.3 Å². The van der Waals surface area contributed by atoms with Crippen LogP contribution in [0, 0.1) is 17.0 Å². The zero-order valence-electron chi connectivity index (χ0n) is 25.7. The number of hydrogen-bond donors (Lipinski definition) is 5. The normalized spacial score (nSPS) is 23.5. The molecule has 0 unspecified atom stereocenters. The summed E-state index contributed by atoms with van der Waals surface area (Å²) in [4.78, 5) is 23.0. The Balaban J connectivity index is 1.20. The maximum absolute atomic E-state index is 14.0. The Morgan fingerprint density at radius 2 is 1.85 bits per heavy atom. The lowest BCUT2D eigenvalue weighted by molar-refractivity contribution is -0.111. The molecule has 2 aromatic carbocycles. The number of halogens is 2. The van der Waals surface area contributed by atoms with E-state index in [9.17, 15) is 13.6 Å². The standard InChI is InChI=1S/C32H40F2N8O4/c1-3-32(43)38-25-14-26(29(44-2)15-28(25)40-7-4-22(5-8-40)41-17-24-13-23(41)18-45-24)37-30(35)16-31(39-36)42-27(6-9-46-42)19-10-20(33)12-21(34)11-19/h3,10-12,14-16,22-24,27,39H,1,4-9,13,17-18,36H2,2H3,(H2,35,37)(H,38,43)/b31-16+/t23-,24-,27-/m1/s1. The van der Waals surface area contributed by atoms with Crippen LogP contribution in [0.25, 0.3) is 0 Å². The Hall–Kier alpha value is -4.24. The van der Waals surface area contributed by atoms with Crippen molar-refractivity contribution in [3.05, 3.63) is 72.1 Å². The summed E-state index contributed by atoms with van der Waals surface area (Å²) in [5.74, 6) is 4.61. The third kappa shape index (κ3) is 6.65. The Morgan fingerprint density at radius 1 is 1.09 bits per heavy atom. The minimum atomic E-state index is -0.699. The van der Waals surface area contributed by atoms with E-state index < -0.39 is 17.7 Å². The van der Waals surface area contributed by atoms with Crippen LogP contribution in [0.3, 0.4) is 0 Å². The summed E-state index contributed by atoms with van der Waals surface area (Å²) >= 11 is 0. The maximum atomic E-state index is 14.0. The predicted octanol–water partition coefficient (Wildman–Crippen LogP) is 3.61. The van der Waals surface area contributed by atoms with E-state index in [1.165, 1.54) is 36.5 Å². The van der Waals surface area contributed by atoms with E-state index in [4.69, 9.17) is 25.6 Å². The van der Waals surface area contributed by atoms with Gasteiger partial charge in [0.25, 0.3) is 0 Å². The number of methoxy groups -OCH3 is 1. The summed E-state index contributed by atoms with van der Waals surface area (Å²) in [5.41, 5.74) is 4.69. The molecule has 4 saturated heterocycles. The lowest BCUT2D eigenvalue weighted by atomic mass is 10.0. The topological polar surface area (TPSA) is 140 Å². The smallest absolute Gasteiger partial charge is 0.247 e. The fraction of sp³-hybridized carbons (Fsp3) is 0.438. The first-order valence-corrected chi connectivity index (χ1v) is 15.5. The molecule has 12 nitrogen and oxygen atoms in total. The number of rotatable bonds is 10. The van der Waals surface area contributed by atoms with E-state index in [1.54, 1.807) is 6.07 Å². The second-order valence-electron chi connectivity index (χ2n) is 11.9. The summed E-state index contributed by atoms with van der Waals surface area (Å²) < 4.78 is 39.4. The number of hydrazine groups is 1. The number of morpholine rings is 1. The molecule has 0 saturated carbocycles. The van der Waals surface area contributed by atoms with Gasteiger partial charge in [-0.2, -0.15) is 0 Å². The van der Waals surface area contributed by atoms with Crippen LogP contribution in [0.15, 0.2) is 54.9 Å². The average Bonchev–Trinajstić information content (AvgIpc) is 3.82.